The van der Waals surface area contributed by atoms with Crippen LogP contribution >= 0.6 is 11.6 Å². The van der Waals surface area contributed by atoms with E-state index in [9.17, 15) is 22.8 Å². The zero-order valence-corrected chi connectivity index (χ0v) is 16.6. The Balaban J connectivity index is 1.93. The summed E-state index contributed by atoms with van der Waals surface area (Å²) in [6.45, 7) is 3.24. The summed E-state index contributed by atoms with van der Waals surface area (Å²) in [5.41, 5.74) is 3.32. The molecule has 0 aliphatic rings. The fraction of sp³-hybridized carbons (Fsp3) is 0.263. The molecule has 0 aromatic heterocycles. The molecule has 11 heteroatoms. The lowest BCUT2D eigenvalue weighted by molar-refractivity contribution is -0.137. The van der Waals surface area contributed by atoms with Crippen molar-refractivity contribution in [1.82, 2.24) is 10.9 Å². The highest BCUT2D eigenvalue weighted by molar-refractivity contribution is 6.32. The predicted octanol–water partition coefficient (Wildman–Crippen LogP) is 4.70. The van der Waals surface area contributed by atoms with Gasteiger partial charge in [-0.2, -0.15) is 13.2 Å². The summed E-state index contributed by atoms with van der Waals surface area (Å²) in [5, 5.41) is -0.190. The number of hydrogen-bond donors (Lipinski definition) is 2. The summed E-state index contributed by atoms with van der Waals surface area (Å²) in [5.74, 6) is 0.0563. The number of hydrogen-bond acceptors (Lipinski definition) is 5. The summed E-state index contributed by atoms with van der Waals surface area (Å²) >= 11 is 5.86. The SMILES string of the molecule is CCOC(=O)NNC(=O)C(C)Oc1ccc(Oc2ccc(C(F)(F)F)cc2Cl)cc1. The standard InChI is InChI=1S/C19H18ClF3N2O5/c1-3-28-18(27)25-24-17(26)11(2)29-13-5-7-14(8-6-13)30-16-9-4-12(10-15(16)20)19(21,22)23/h4-11H,3H2,1-2H3,(H,24,26)(H,25,27). The van der Waals surface area contributed by atoms with Gasteiger partial charge in [0, 0.05) is 0 Å². The summed E-state index contributed by atoms with van der Waals surface area (Å²) in [4.78, 5) is 23.0. The maximum atomic E-state index is 12.7. The molecule has 0 aliphatic carbocycles. The van der Waals surface area contributed by atoms with Crippen LogP contribution in [0.25, 0.3) is 0 Å². The van der Waals surface area contributed by atoms with E-state index in [1.54, 1.807) is 6.92 Å². The summed E-state index contributed by atoms with van der Waals surface area (Å²) in [6.07, 6.45) is -6.25. The van der Waals surface area contributed by atoms with E-state index >= 15 is 0 Å². The third-order valence-electron chi connectivity index (χ3n) is 3.56. The Bertz CT molecular complexity index is 891. The minimum Gasteiger partial charge on any atom is -0.481 e. The number of carbonyl (C=O) groups excluding carboxylic acids is 2. The first kappa shape index (κ1) is 23.1. The second-order valence-corrected chi connectivity index (χ2v) is 6.22. The van der Waals surface area contributed by atoms with Gasteiger partial charge in [-0.15, -0.1) is 0 Å². The number of carbonyl (C=O) groups is 2. The number of nitrogens with one attached hydrogen (secondary N) is 2. The fourth-order valence-electron chi connectivity index (χ4n) is 2.11. The summed E-state index contributed by atoms with van der Waals surface area (Å²) < 4.78 is 53.6. The van der Waals surface area contributed by atoms with Gasteiger partial charge in [0.25, 0.3) is 5.91 Å². The molecular formula is C19H18ClF3N2O5. The average Bonchev–Trinajstić information content (AvgIpc) is 2.68. The first-order valence-electron chi connectivity index (χ1n) is 8.64. The molecule has 0 saturated heterocycles. The Morgan fingerprint density at radius 3 is 2.27 bits per heavy atom. The van der Waals surface area contributed by atoms with Gasteiger partial charge in [0.2, 0.25) is 0 Å². The van der Waals surface area contributed by atoms with Crippen LogP contribution in [-0.4, -0.2) is 24.7 Å². The minimum absolute atomic E-state index is 0.0520. The van der Waals surface area contributed by atoms with Crippen molar-refractivity contribution in [3.8, 4) is 17.2 Å². The first-order chi connectivity index (χ1) is 14.1. The Morgan fingerprint density at radius 2 is 1.70 bits per heavy atom. The maximum absolute atomic E-state index is 12.7. The van der Waals surface area contributed by atoms with Crippen LogP contribution in [0.1, 0.15) is 19.4 Å². The van der Waals surface area contributed by atoms with Gasteiger partial charge in [0.1, 0.15) is 17.2 Å². The third-order valence-corrected chi connectivity index (χ3v) is 3.85. The molecule has 0 spiro atoms. The van der Waals surface area contributed by atoms with Crippen molar-refractivity contribution in [2.24, 2.45) is 0 Å². The number of alkyl halides is 3. The van der Waals surface area contributed by atoms with Crippen LogP contribution in [0.5, 0.6) is 17.2 Å². The molecule has 2 N–H and O–H groups in total. The van der Waals surface area contributed by atoms with Crippen LogP contribution in [0.15, 0.2) is 42.5 Å². The molecule has 0 saturated carbocycles. The Morgan fingerprint density at radius 1 is 1.07 bits per heavy atom. The number of benzene rings is 2. The number of hydrazine groups is 1. The van der Waals surface area contributed by atoms with Crippen LogP contribution in [0.4, 0.5) is 18.0 Å². The zero-order valence-electron chi connectivity index (χ0n) is 15.9. The van der Waals surface area contributed by atoms with Crippen LogP contribution in [0.2, 0.25) is 5.02 Å². The lowest BCUT2D eigenvalue weighted by atomic mass is 10.2. The lowest BCUT2D eigenvalue weighted by Crippen LogP contribution is -2.47. The highest BCUT2D eigenvalue weighted by Crippen LogP contribution is 2.36. The van der Waals surface area contributed by atoms with Crippen molar-refractivity contribution in [2.45, 2.75) is 26.1 Å². The van der Waals surface area contributed by atoms with Gasteiger partial charge in [-0.05, 0) is 56.3 Å². The molecule has 0 radical (unpaired) electrons. The predicted molar refractivity (Wildman–Crippen MR) is 101 cm³/mol. The van der Waals surface area contributed by atoms with Crippen molar-refractivity contribution < 1.29 is 37.0 Å². The van der Waals surface area contributed by atoms with Crippen LogP contribution in [0.3, 0.4) is 0 Å². The van der Waals surface area contributed by atoms with Crippen molar-refractivity contribution >= 4 is 23.6 Å². The second kappa shape index (κ2) is 10.1. The van der Waals surface area contributed by atoms with E-state index in [1.165, 1.54) is 31.2 Å². The molecule has 0 heterocycles. The Kier molecular flexibility index (Phi) is 7.76. The van der Waals surface area contributed by atoms with Gasteiger partial charge >= 0.3 is 12.3 Å². The lowest BCUT2D eigenvalue weighted by Gasteiger charge is -2.15. The van der Waals surface area contributed by atoms with Crippen LogP contribution in [0, 0.1) is 0 Å². The van der Waals surface area contributed by atoms with E-state index in [-0.39, 0.29) is 17.4 Å². The van der Waals surface area contributed by atoms with Gasteiger partial charge < -0.3 is 14.2 Å². The second-order valence-electron chi connectivity index (χ2n) is 5.81. The molecule has 7 nitrogen and oxygen atoms in total. The summed E-state index contributed by atoms with van der Waals surface area (Å²) in [6, 6.07) is 8.74. The number of amides is 2. The molecule has 162 valence electrons. The van der Waals surface area contributed by atoms with Crippen molar-refractivity contribution in [1.29, 1.82) is 0 Å². The molecule has 30 heavy (non-hydrogen) atoms. The normalized spacial score (nSPS) is 11.9. The van der Waals surface area contributed by atoms with E-state index in [4.69, 9.17) is 21.1 Å². The van der Waals surface area contributed by atoms with Gasteiger partial charge in [-0.3, -0.25) is 10.2 Å². The van der Waals surface area contributed by atoms with E-state index in [0.717, 1.165) is 18.2 Å². The monoisotopic (exact) mass is 446 g/mol. The zero-order chi connectivity index (χ0) is 22.3. The fourth-order valence-corrected chi connectivity index (χ4v) is 2.33. The van der Waals surface area contributed by atoms with E-state index in [1.807, 2.05) is 0 Å². The van der Waals surface area contributed by atoms with Gasteiger partial charge in [-0.25, -0.2) is 10.2 Å². The molecule has 2 amide bonds. The quantitative estimate of drug-likeness (QED) is 0.628. The van der Waals surface area contributed by atoms with E-state index in [0.29, 0.717) is 11.5 Å². The van der Waals surface area contributed by atoms with Crippen molar-refractivity contribution in [3.63, 3.8) is 0 Å². The molecular weight excluding hydrogens is 429 g/mol. The average molecular weight is 447 g/mol. The number of ether oxygens (including phenoxy) is 3. The molecule has 2 aromatic rings. The largest absolute Gasteiger partial charge is 0.481 e. The number of rotatable bonds is 6. The number of halogens is 4. The van der Waals surface area contributed by atoms with Crippen LogP contribution < -0.4 is 20.3 Å². The molecule has 2 rings (SSSR count). The Labute approximate surface area is 175 Å². The minimum atomic E-state index is -4.50. The molecule has 1 unspecified atom stereocenters. The van der Waals surface area contributed by atoms with E-state index in [2.05, 4.69) is 15.6 Å². The van der Waals surface area contributed by atoms with Crippen LogP contribution in [-0.2, 0) is 15.7 Å². The summed E-state index contributed by atoms with van der Waals surface area (Å²) in [7, 11) is 0. The van der Waals surface area contributed by atoms with Crippen molar-refractivity contribution in [3.05, 3.63) is 53.1 Å². The molecule has 2 aromatic carbocycles. The third kappa shape index (κ3) is 6.73. The highest BCUT2D eigenvalue weighted by atomic mass is 35.5. The maximum Gasteiger partial charge on any atom is 0.426 e. The molecule has 1 atom stereocenters. The first-order valence-corrected chi connectivity index (χ1v) is 9.02. The molecule has 0 aliphatic heterocycles. The smallest absolute Gasteiger partial charge is 0.426 e. The van der Waals surface area contributed by atoms with Crippen molar-refractivity contribution in [2.75, 3.05) is 6.61 Å². The van der Waals surface area contributed by atoms with E-state index < -0.39 is 29.8 Å². The van der Waals surface area contributed by atoms with Gasteiger partial charge in [-0.1, -0.05) is 11.6 Å². The van der Waals surface area contributed by atoms with Gasteiger partial charge in [0.15, 0.2) is 6.10 Å². The van der Waals surface area contributed by atoms with Gasteiger partial charge in [0.05, 0.1) is 17.2 Å². The topological polar surface area (TPSA) is 85.9 Å². The molecule has 0 fully saturated rings. The highest BCUT2D eigenvalue weighted by Gasteiger charge is 2.31. The Hall–Kier alpha value is -3.14. The molecule has 0 bridgehead atoms.